The molecule has 3 aromatic rings. The second kappa shape index (κ2) is 6.70. The summed E-state index contributed by atoms with van der Waals surface area (Å²) in [5.74, 6) is 0.570. The standard InChI is InChI=1S/C16H17N5OS/c1-3-17-16(22)10(2)20-15-14-13(18-9-19-15)12(21-23-14)11-7-5-4-6-8-11/h4-10H,3H2,1-2H3,(H,17,22)(H,18,19,20). The molecule has 2 heterocycles. The smallest absolute Gasteiger partial charge is 0.242 e. The van der Waals surface area contributed by atoms with E-state index in [4.69, 9.17) is 0 Å². The molecule has 0 spiro atoms. The van der Waals surface area contributed by atoms with Crippen LogP contribution in [-0.4, -0.2) is 32.8 Å². The molecule has 1 atom stereocenters. The summed E-state index contributed by atoms with van der Waals surface area (Å²) in [6.07, 6.45) is 1.50. The van der Waals surface area contributed by atoms with Crippen molar-refractivity contribution in [2.24, 2.45) is 0 Å². The highest BCUT2D eigenvalue weighted by atomic mass is 32.1. The van der Waals surface area contributed by atoms with E-state index in [1.807, 2.05) is 37.3 Å². The van der Waals surface area contributed by atoms with Gasteiger partial charge in [-0.05, 0) is 25.4 Å². The van der Waals surface area contributed by atoms with E-state index >= 15 is 0 Å². The van der Waals surface area contributed by atoms with Crippen molar-refractivity contribution in [2.75, 3.05) is 11.9 Å². The number of carbonyl (C=O) groups is 1. The van der Waals surface area contributed by atoms with Crippen molar-refractivity contribution < 1.29 is 4.79 Å². The molecule has 0 saturated carbocycles. The van der Waals surface area contributed by atoms with E-state index in [1.54, 1.807) is 6.92 Å². The Kier molecular flexibility index (Phi) is 4.47. The van der Waals surface area contributed by atoms with Gasteiger partial charge < -0.3 is 10.6 Å². The Balaban J connectivity index is 1.95. The Morgan fingerprint density at radius 3 is 2.78 bits per heavy atom. The molecule has 1 unspecified atom stereocenters. The lowest BCUT2D eigenvalue weighted by Gasteiger charge is -2.13. The third kappa shape index (κ3) is 3.14. The molecule has 1 aromatic carbocycles. The molecule has 7 heteroatoms. The monoisotopic (exact) mass is 327 g/mol. The summed E-state index contributed by atoms with van der Waals surface area (Å²) in [5, 5.41) is 5.93. The number of hydrogen-bond acceptors (Lipinski definition) is 6. The number of aromatic nitrogens is 3. The second-order valence-corrected chi connectivity index (χ2v) is 5.83. The molecule has 0 aliphatic rings. The minimum absolute atomic E-state index is 0.0629. The number of amides is 1. The van der Waals surface area contributed by atoms with Gasteiger partial charge in [-0.2, -0.15) is 4.37 Å². The largest absolute Gasteiger partial charge is 0.357 e. The van der Waals surface area contributed by atoms with Crippen LogP contribution in [0.3, 0.4) is 0 Å². The van der Waals surface area contributed by atoms with E-state index in [9.17, 15) is 4.79 Å². The summed E-state index contributed by atoms with van der Waals surface area (Å²) in [5.41, 5.74) is 2.64. The molecule has 2 N–H and O–H groups in total. The Morgan fingerprint density at radius 2 is 2.04 bits per heavy atom. The van der Waals surface area contributed by atoms with Gasteiger partial charge in [0.15, 0.2) is 0 Å². The third-order valence-corrected chi connectivity index (χ3v) is 4.24. The molecule has 23 heavy (non-hydrogen) atoms. The number of anilines is 1. The number of fused-ring (bicyclic) bond motifs is 1. The van der Waals surface area contributed by atoms with Crippen LogP contribution in [-0.2, 0) is 4.79 Å². The number of likely N-dealkylation sites (N-methyl/N-ethyl adjacent to an activating group) is 1. The van der Waals surface area contributed by atoms with Gasteiger partial charge >= 0.3 is 0 Å². The van der Waals surface area contributed by atoms with Crippen molar-refractivity contribution in [1.82, 2.24) is 19.7 Å². The van der Waals surface area contributed by atoms with Gasteiger partial charge in [0.25, 0.3) is 0 Å². The topological polar surface area (TPSA) is 79.8 Å². The summed E-state index contributed by atoms with van der Waals surface area (Å²) in [7, 11) is 0. The summed E-state index contributed by atoms with van der Waals surface area (Å²) in [4.78, 5) is 20.5. The van der Waals surface area contributed by atoms with Crippen molar-refractivity contribution in [2.45, 2.75) is 19.9 Å². The van der Waals surface area contributed by atoms with E-state index in [0.29, 0.717) is 12.4 Å². The quantitative estimate of drug-likeness (QED) is 0.753. The number of benzene rings is 1. The average molecular weight is 327 g/mol. The van der Waals surface area contributed by atoms with Crippen molar-refractivity contribution in [1.29, 1.82) is 0 Å². The first-order chi connectivity index (χ1) is 11.2. The van der Waals surface area contributed by atoms with Crippen LogP contribution in [0.4, 0.5) is 5.82 Å². The first-order valence-electron chi connectivity index (χ1n) is 7.40. The molecule has 118 valence electrons. The van der Waals surface area contributed by atoms with E-state index in [0.717, 1.165) is 21.5 Å². The number of hydrogen-bond donors (Lipinski definition) is 2. The van der Waals surface area contributed by atoms with E-state index < -0.39 is 0 Å². The van der Waals surface area contributed by atoms with Crippen molar-refractivity contribution >= 4 is 33.5 Å². The van der Waals surface area contributed by atoms with Gasteiger partial charge in [-0.25, -0.2) is 9.97 Å². The van der Waals surface area contributed by atoms with Crippen LogP contribution in [0.2, 0.25) is 0 Å². The van der Waals surface area contributed by atoms with Gasteiger partial charge in [-0.1, -0.05) is 30.3 Å². The first-order valence-corrected chi connectivity index (χ1v) is 8.18. The van der Waals surface area contributed by atoms with Gasteiger partial charge in [-0.15, -0.1) is 0 Å². The Hall–Kier alpha value is -2.54. The van der Waals surface area contributed by atoms with Crippen LogP contribution in [0.25, 0.3) is 21.5 Å². The lowest BCUT2D eigenvalue weighted by Crippen LogP contribution is -2.37. The summed E-state index contributed by atoms with van der Waals surface area (Å²) in [6, 6.07) is 9.53. The van der Waals surface area contributed by atoms with Crippen LogP contribution in [0.15, 0.2) is 36.7 Å². The molecule has 3 rings (SSSR count). The fourth-order valence-electron chi connectivity index (χ4n) is 2.25. The molecule has 0 saturated heterocycles. The predicted molar refractivity (Wildman–Crippen MR) is 92.4 cm³/mol. The SMILES string of the molecule is CCNC(=O)C(C)Nc1ncnc2c(-c3ccccc3)nsc12. The molecule has 0 aliphatic carbocycles. The molecule has 0 aliphatic heterocycles. The van der Waals surface area contributed by atoms with Crippen molar-refractivity contribution in [3.8, 4) is 11.3 Å². The van der Waals surface area contributed by atoms with Crippen LogP contribution in [0, 0.1) is 0 Å². The fourth-order valence-corrected chi connectivity index (χ4v) is 3.06. The number of nitrogens with one attached hydrogen (secondary N) is 2. The maximum Gasteiger partial charge on any atom is 0.242 e. The zero-order valence-corrected chi connectivity index (χ0v) is 13.7. The van der Waals surface area contributed by atoms with Crippen molar-refractivity contribution in [3.63, 3.8) is 0 Å². The Bertz CT molecular complexity index is 818. The average Bonchev–Trinajstić information content (AvgIpc) is 3.01. The van der Waals surface area contributed by atoms with E-state index in [2.05, 4.69) is 25.0 Å². The summed E-state index contributed by atoms with van der Waals surface area (Å²) in [6.45, 7) is 4.30. The highest BCUT2D eigenvalue weighted by Gasteiger charge is 2.17. The zero-order valence-electron chi connectivity index (χ0n) is 12.9. The highest BCUT2D eigenvalue weighted by molar-refractivity contribution is 7.14. The first kappa shape index (κ1) is 15.4. The van der Waals surface area contributed by atoms with Crippen LogP contribution >= 0.6 is 11.5 Å². The molecule has 0 radical (unpaired) electrons. The van der Waals surface area contributed by atoms with Gasteiger partial charge in [-0.3, -0.25) is 4.79 Å². The van der Waals surface area contributed by atoms with Crippen LogP contribution in [0.5, 0.6) is 0 Å². The molecule has 1 amide bonds. The maximum atomic E-state index is 11.9. The Morgan fingerprint density at radius 1 is 1.26 bits per heavy atom. The van der Waals surface area contributed by atoms with Crippen molar-refractivity contribution in [3.05, 3.63) is 36.7 Å². The molecular weight excluding hydrogens is 310 g/mol. The van der Waals surface area contributed by atoms with E-state index in [1.165, 1.54) is 17.9 Å². The lowest BCUT2D eigenvalue weighted by molar-refractivity contribution is -0.121. The van der Waals surface area contributed by atoms with Gasteiger partial charge in [0.1, 0.15) is 34.1 Å². The van der Waals surface area contributed by atoms with Crippen LogP contribution in [0.1, 0.15) is 13.8 Å². The number of rotatable bonds is 5. The normalized spacial score (nSPS) is 12.1. The van der Waals surface area contributed by atoms with Gasteiger partial charge in [0, 0.05) is 12.1 Å². The predicted octanol–water partition coefficient (Wildman–Crippen LogP) is 2.69. The van der Waals surface area contributed by atoms with Gasteiger partial charge in [0.2, 0.25) is 5.91 Å². The highest BCUT2D eigenvalue weighted by Crippen LogP contribution is 2.32. The maximum absolute atomic E-state index is 11.9. The number of carbonyl (C=O) groups excluding carboxylic acids is 1. The number of nitrogens with zero attached hydrogens (tertiary/aromatic N) is 3. The Labute approximate surface area is 138 Å². The molecule has 2 aromatic heterocycles. The lowest BCUT2D eigenvalue weighted by atomic mass is 10.1. The van der Waals surface area contributed by atoms with E-state index in [-0.39, 0.29) is 11.9 Å². The molecule has 0 bridgehead atoms. The third-order valence-electron chi connectivity index (χ3n) is 3.40. The second-order valence-electron chi connectivity index (χ2n) is 5.06. The molecule has 6 nitrogen and oxygen atoms in total. The van der Waals surface area contributed by atoms with Crippen LogP contribution < -0.4 is 10.6 Å². The molecule has 0 fully saturated rings. The molecular formula is C16H17N5OS. The summed E-state index contributed by atoms with van der Waals surface area (Å²) < 4.78 is 5.36. The minimum atomic E-state index is -0.379. The minimum Gasteiger partial charge on any atom is -0.357 e. The van der Waals surface area contributed by atoms with Gasteiger partial charge in [0.05, 0.1) is 0 Å². The fraction of sp³-hybridized carbons (Fsp3) is 0.250. The zero-order chi connectivity index (χ0) is 16.2. The summed E-state index contributed by atoms with van der Waals surface area (Å²) >= 11 is 1.33.